The van der Waals surface area contributed by atoms with Crippen molar-refractivity contribution in [3.8, 4) is 11.1 Å². The molecule has 1 heterocycles. The van der Waals surface area contributed by atoms with Crippen LogP contribution in [0.4, 0.5) is 0 Å². The number of benzene rings is 3. The maximum atomic E-state index is 13.1. The van der Waals surface area contributed by atoms with E-state index in [1.807, 2.05) is 66.7 Å². The second-order valence-corrected chi connectivity index (χ2v) is 8.37. The van der Waals surface area contributed by atoms with E-state index in [2.05, 4.69) is 10.6 Å². The van der Waals surface area contributed by atoms with Crippen LogP contribution in [-0.4, -0.2) is 32.1 Å². The average molecular weight is 455 g/mol. The van der Waals surface area contributed by atoms with Crippen molar-refractivity contribution in [3.05, 3.63) is 94.0 Å². The van der Waals surface area contributed by atoms with E-state index >= 15 is 0 Å². The predicted molar refractivity (Wildman–Crippen MR) is 126 cm³/mol. The first kappa shape index (κ1) is 21.8. The molecule has 1 saturated heterocycles. The lowest BCUT2D eigenvalue weighted by Gasteiger charge is -2.26. The quantitative estimate of drug-likeness (QED) is 0.544. The summed E-state index contributed by atoms with van der Waals surface area (Å²) < 4.78 is 6.11. The van der Waals surface area contributed by atoms with Gasteiger partial charge in [0.2, 0.25) is 0 Å². The summed E-state index contributed by atoms with van der Waals surface area (Å²) in [5.41, 5.74) is 3.54. The Bertz CT molecular complexity index is 1040. The third-order valence-corrected chi connectivity index (χ3v) is 6.20. The van der Waals surface area contributed by atoms with Crippen LogP contribution in [0.1, 0.15) is 22.0 Å². The summed E-state index contributed by atoms with van der Waals surface area (Å²) in [6.45, 7) is 2.55. The van der Waals surface area contributed by atoms with E-state index in [4.69, 9.17) is 27.9 Å². The Kier molecular flexibility index (Phi) is 7.25. The number of nitrogens with one attached hydrogen (secondary N) is 2. The minimum atomic E-state index is -0.186. The molecule has 0 aliphatic carbocycles. The Morgan fingerprint density at radius 3 is 2.58 bits per heavy atom. The molecular weight excluding hydrogens is 431 g/mol. The van der Waals surface area contributed by atoms with Crippen molar-refractivity contribution in [2.45, 2.75) is 6.10 Å². The van der Waals surface area contributed by atoms with Gasteiger partial charge in [-0.15, -0.1) is 0 Å². The predicted octanol–water partition coefficient (Wildman–Crippen LogP) is 5.37. The molecule has 0 radical (unpaired) electrons. The summed E-state index contributed by atoms with van der Waals surface area (Å²) in [4.78, 5) is 13.1. The number of amides is 1. The average Bonchev–Trinajstić information content (AvgIpc) is 3.05. The second kappa shape index (κ2) is 10.3. The highest BCUT2D eigenvalue weighted by Gasteiger charge is 2.27. The second-order valence-electron chi connectivity index (χ2n) is 7.55. The lowest BCUT2D eigenvalue weighted by atomic mass is 9.94. The van der Waals surface area contributed by atoms with Crippen LogP contribution in [0.25, 0.3) is 11.1 Å². The van der Waals surface area contributed by atoms with Gasteiger partial charge in [0.1, 0.15) is 0 Å². The molecule has 6 heteroatoms. The molecule has 2 atom stereocenters. The van der Waals surface area contributed by atoms with Gasteiger partial charge in [0.05, 0.1) is 22.8 Å². The summed E-state index contributed by atoms with van der Waals surface area (Å²) in [6, 6.07) is 23.2. The summed E-state index contributed by atoms with van der Waals surface area (Å²) in [6.07, 6.45) is -0.186. The number of rotatable bonds is 5. The fourth-order valence-electron chi connectivity index (χ4n) is 3.90. The Hall–Kier alpha value is -2.37. The van der Waals surface area contributed by atoms with Gasteiger partial charge in [-0.3, -0.25) is 4.79 Å². The number of hydrogen-bond acceptors (Lipinski definition) is 3. The van der Waals surface area contributed by atoms with E-state index in [9.17, 15) is 4.79 Å². The number of halogens is 2. The third kappa shape index (κ3) is 5.28. The smallest absolute Gasteiger partial charge is 0.251 e. The van der Waals surface area contributed by atoms with E-state index in [1.54, 1.807) is 6.07 Å². The van der Waals surface area contributed by atoms with Crippen molar-refractivity contribution in [2.24, 2.45) is 5.92 Å². The first-order valence-corrected chi connectivity index (χ1v) is 11.1. The Labute approximate surface area is 192 Å². The topological polar surface area (TPSA) is 50.4 Å². The van der Waals surface area contributed by atoms with Crippen LogP contribution >= 0.6 is 23.2 Å². The molecule has 1 fully saturated rings. The van der Waals surface area contributed by atoms with Gasteiger partial charge in [-0.25, -0.2) is 0 Å². The zero-order chi connectivity index (χ0) is 21.6. The van der Waals surface area contributed by atoms with Crippen LogP contribution < -0.4 is 10.6 Å². The molecule has 1 aliphatic rings. The zero-order valence-electron chi connectivity index (χ0n) is 17.0. The summed E-state index contributed by atoms with van der Waals surface area (Å²) in [5, 5.41) is 7.52. The summed E-state index contributed by atoms with van der Waals surface area (Å²) in [5.74, 6) is -0.0517. The third-order valence-electron chi connectivity index (χ3n) is 5.46. The van der Waals surface area contributed by atoms with Gasteiger partial charge in [0, 0.05) is 31.1 Å². The molecule has 3 aromatic rings. The van der Waals surface area contributed by atoms with Gasteiger partial charge in [-0.05, 0) is 34.9 Å². The highest BCUT2D eigenvalue weighted by atomic mass is 35.5. The van der Waals surface area contributed by atoms with Gasteiger partial charge in [0.25, 0.3) is 5.91 Å². The molecule has 160 valence electrons. The first-order chi connectivity index (χ1) is 15.1. The number of carbonyl (C=O) groups excluding carboxylic acids is 1. The SMILES string of the molecule is O=C(NCC1CNCCOC1c1ccc(Cl)c(Cl)c1)c1ccccc1-c1ccccc1. The molecule has 2 N–H and O–H groups in total. The molecule has 3 aromatic carbocycles. The molecular formula is C25H24Cl2N2O2. The maximum absolute atomic E-state index is 13.1. The maximum Gasteiger partial charge on any atom is 0.251 e. The Morgan fingerprint density at radius 2 is 1.77 bits per heavy atom. The molecule has 0 bridgehead atoms. The Morgan fingerprint density at radius 1 is 1.00 bits per heavy atom. The standard InChI is InChI=1S/C25H24Cl2N2O2/c26-22-11-10-18(14-23(22)27)24-19(15-28-12-13-31-24)16-29-25(30)21-9-5-4-8-20(21)17-6-2-1-3-7-17/h1-11,14,19,24,28H,12-13,15-16H2,(H,29,30). The van der Waals surface area contributed by atoms with E-state index < -0.39 is 0 Å². The van der Waals surface area contributed by atoms with Gasteiger partial charge in [-0.1, -0.05) is 77.8 Å². The minimum absolute atomic E-state index is 0.0487. The van der Waals surface area contributed by atoms with Crippen LogP contribution in [0, 0.1) is 5.92 Å². The van der Waals surface area contributed by atoms with Gasteiger partial charge in [0.15, 0.2) is 0 Å². The van der Waals surface area contributed by atoms with Gasteiger partial charge in [-0.2, -0.15) is 0 Å². The fraction of sp³-hybridized carbons (Fsp3) is 0.240. The van der Waals surface area contributed by atoms with Crippen molar-refractivity contribution in [2.75, 3.05) is 26.2 Å². The monoisotopic (exact) mass is 454 g/mol. The normalized spacial score (nSPS) is 18.9. The fourth-order valence-corrected chi connectivity index (χ4v) is 4.20. The van der Waals surface area contributed by atoms with E-state index in [0.29, 0.717) is 28.8 Å². The molecule has 0 aromatic heterocycles. The first-order valence-electron chi connectivity index (χ1n) is 10.3. The van der Waals surface area contributed by atoms with Crippen molar-refractivity contribution < 1.29 is 9.53 Å². The van der Waals surface area contributed by atoms with Crippen molar-refractivity contribution >= 4 is 29.1 Å². The van der Waals surface area contributed by atoms with E-state index in [1.165, 1.54) is 0 Å². The molecule has 31 heavy (non-hydrogen) atoms. The lowest BCUT2D eigenvalue weighted by molar-refractivity contribution is 0.0306. The van der Waals surface area contributed by atoms with Crippen molar-refractivity contribution in [3.63, 3.8) is 0 Å². The van der Waals surface area contributed by atoms with Crippen LogP contribution in [0.2, 0.25) is 10.0 Å². The molecule has 4 nitrogen and oxygen atoms in total. The molecule has 0 saturated carbocycles. The molecule has 1 aliphatic heterocycles. The molecule has 2 unspecified atom stereocenters. The van der Waals surface area contributed by atoms with Crippen molar-refractivity contribution in [1.82, 2.24) is 10.6 Å². The number of ether oxygens (including phenoxy) is 1. The van der Waals surface area contributed by atoms with Crippen LogP contribution in [0.15, 0.2) is 72.8 Å². The number of hydrogen-bond donors (Lipinski definition) is 2. The van der Waals surface area contributed by atoms with Gasteiger partial charge >= 0.3 is 0 Å². The summed E-state index contributed by atoms with van der Waals surface area (Å²) in [7, 11) is 0. The zero-order valence-corrected chi connectivity index (χ0v) is 18.5. The molecule has 4 rings (SSSR count). The molecule has 0 spiro atoms. The van der Waals surface area contributed by atoms with E-state index in [0.717, 1.165) is 29.8 Å². The minimum Gasteiger partial charge on any atom is -0.372 e. The summed E-state index contributed by atoms with van der Waals surface area (Å²) >= 11 is 12.3. The highest BCUT2D eigenvalue weighted by molar-refractivity contribution is 6.42. The van der Waals surface area contributed by atoms with Crippen LogP contribution in [0.5, 0.6) is 0 Å². The number of carbonyl (C=O) groups is 1. The largest absolute Gasteiger partial charge is 0.372 e. The van der Waals surface area contributed by atoms with E-state index in [-0.39, 0.29) is 17.9 Å². The van der Waals surface area contributed by atoms with Crippen LogP contribution in [0.3, 0.4) is 0 Å². The van der Waals surface area contributed by atoms with Gasteiger partial charge < -0.3 is 15.4 Å². The van der Waals surface area contributed by atoms with Crippen LogP contribution in [-0.2, 0) is 4.74 Å². The Balaban J connectivity index is 1.52. The highest BCUT2D eigenvalue weighted by Crippen LogP contribution is 2.32. The van der Waals surface area contributed by atoms with Crippen molar-refractivity contribution in [1.29, 1.82) is 0 Å². The molecule has 1 amide bonds. The lowest BCUT2D eigenvalue weighted by Crippen LogP contribution is -2.36.